The number of benzene rings is 1. The SMILES string of the molecule is Clc1cccc(Cl)c1CCNCC1CC1. The summed E-state index contributed by atoms with van der Waals surface area (Å²) in [6, 6.07) is 5.67. The van der Waals surface area contributed by atoms with Crippen LogP contribution in [0.25, 0.3) is 0 Å². The van der Waals surface area contributed by atoms with Gasteiger partial charge in [-0.3, -0.25) is 0 Å². The molecule has 0 aromatic heterocycles. The first-order valence-corrected chi connectivity index (χ1v) is 6.16. The predicted octanol–water partition coefficient (Wildman–Crippen LogP) is 3.54. The molecule has 0 saturated heterocycles. The Kier molecular flexibility index (Phi) is 3.90. The minimum Gasteiger partial charge on any atom is -0.316 e. The highest BCUT2D eigenvalue weighted by Crippen LogP contribution is 2.28. The number of rotatable bonds is 5. The molecule has 1 N–H and O–H groups in total. The smallest absolute Gasteiger partial charge is 0.0453 e. The van der Waals surface area contributed by atoms with Gasteiger partial charge >= 0.3 is 0 Å². The summed E-state index contributed by atoms with van der Waals surface area (Å²) >= 11 is 12.1. The van der Waals surface area contributed by atoms with E-state index in [4.69, 9.17) is 23.2 Å². The van der Waals surface area contributed by atoms with E-state index in [1.807, 2.05) is 18.2 Å². The van der Waals surface area contributed by atoms with Crippen LogP contribution in [-0.4, -0.2) is 13.1 Å². The van der Waals surface area contributed by atoms with Crippen molar-refractivity contribution in [2.75, 3.05) is 13.1 Å². The Bertz CT molecular complexity index is 314. The van der Waals surface area contributed by atoms with E-state index < -0.39 is 0 Å². The van der Waals surface area contributed by atoms with Crippen molar-refractivity contribution in [1.82, 2.24) is 5.32 Å². The van der Waals surface area contributed by atoms with Crippen LogP contribution < -0.4 is 5.32 Å². The lowest BCUT2D eigenvalue weighted by atomic mass is 10.1. The summed E-state index contributed by atoms with van der Waals surface area (Å²) in [4.78, 5) is 0. The Morgan fingerprint density at radius 2 is 1.87 bits per heavy atom. The molecule has 0 heterocycles. The zero-order chi connectivity index (χ0) is 10.7. The molecule has 1 aliphatic carbocycles. The van der Waals surface area contributed by atoms with Crippen molar-refractivity contribution in [1.29, 1.82) is 0 Å². The van der Waals surface area contributed by atoms with Gasteiger partial charge < -0.3 is 5.32 Å². The Morgan fingerprint density at radius 3 is 2.47 bits per heavy atom. The lowest BCUT2D eigenvalue weighted by Gasteiger charge is -2.07. The highest BCUT2D eigenvalue weighted by molar-refractivity contribution is 6.35. The molecule has 0 unspecified atom stereocenters. The van der Waals surface area contributed by atoms with Gasteiger partial charge in [-0.05, 0) is 56.0 Å². The molecule has 0 bridgehead atoms. The van der Waals surface area contributed by atoms with Crippen LogP contribution in [-0.2, 0) is 6.42 Å². The Hall–Kier alpha value is -0.240. The molecule has 0 amide bonds. The largest absolute Gasteiger partial charge is 0.316 e. The average Bonchev–Trinajstić information content (AvgIpc) is 3.00. The number of halogens is 2. The normalized spacial score (nSPS) is 15.6. The van der Waals surface area contributed by atoms with E-state index in [0.29, 0.717) is 0 Å². The van der Waals surface area contributed by atoms with Gasteiger partial charge in [-0.2, -0.15) is 0 Å². The minimum absolute atomic E-state index is 0.774. The zero-order valence-electron chi connectivity index (χ0n) is 8.60. The standard InChI is InChI=1S/C12H15Cl2N/c13-11-2-1-3-12(14)10(11)6-7-15-8-9-4-5-9/h1-3,9,15H,4-8H2. The molecule has 1 aromatic rings. The summed E-state index contributed by atoms with van der Waals surface area (Å²) in [7, 11) is 0. The van der Waals surface area contributed by atoms with Crippen LogP contribution in [0.3, 0.4) is 0 Å². The lowest BCUT2D eigenvalue weighted by Crippen LogP contribution is -2.19. The van der Waals surface area contributed by atoms with Crippen LogP contribution >= 0.6 is 23.2 Å². The molecule has 1 saturated carbocycles. The molecule has 0 spiro atoms. The van der Waals surface area contributed by atoms with Gasteiger partial charge in [0.15, 0.2) is 0 Å². The fraction of sp³-hybridized carbons (Fsp3) is 0.500. The molecule has 1 fully saturated rings. The van der Waals surface area contributed by atoms with Gasteiger partial charge in [-0.15, -0.1) is 0 Å². The first-order valence-electron chi connectivity index (χ1n) is 5.41. The first kappa shape index (κ1) is 11.3. The topological polar surface area (TPSA) is 12.0 Å². The molecule has 0 radical (unpaired) electrons. The van der Waals surface area contributed by atoms with E-state index in [9.17, 15) is 0 Å². The van der Waals surface area contributed by atoms with Gasteiger partial charge in [0, 0.05) is 10.0 Å². The van der Waals surface area contributed by atoms with E-state index in [-0.39, 0.29) is 0 Å². The molecule has 15 heavy (non-hydrogen) atoms. The van der Waals surface area contributed by atoms with Gasteiger partial charge in [-0.1, -0.05) is 29.3 Å². The van der Waals surface area contributed by atoms with Crippen molar-refractivity contribution in [2.24, 2.45) is 5.92 Å². The van der Waals surface area contributed by atoms with Crippen LogP contribution in [0.2, 0.25) is 10.0 Å². The van der Waals surface area contributed by atoms with Crippen molar-refractivity contribution >= 4 is 23.2 Å². The fourth-order valence-corrected chi connectivity index (χ4v) is 2.20. The number of hydrogen-bond donors (Lipinski definition) is 1. The second-order valence-electron chi connectivity index (χ2n) is 4.10. The molecule has 1 nitrogen and oxygen atoms in total. The Balaban J connectivity index is 1.80. The van der Waals surface area contributed by atoms with E-state index in [1.54, 1.807) is 0 Å². The maximum atomic E-state index is 6.07. The highest BCUT2D eigenvalue weighted by Gasteiger charge is 2.20. The predicted molar refractivity (Wildman–Crippen MR) is 65.8 cm³/mol. The van der Waals surface area contributed by atoms with Crippen LogP contribution in [0.15, 0.2) is 18.2 Å². The summed E-state index contributed by atoms with van der Waals surface area (Å²) in [5.74, 6) is 0.923. The molecule has 1 aromatic carbocycles. The summed E-state index contributed by atoms with van der Waals surface area (Å²) in [6.45, 7) is 2.10. The Morgan fingerprint density at radius 1 is 1.20 bits per heavy atom. The molecule has 0 atom stereocenters. The molecule has 3 heteroatoms. The summed E-state index contributed by atoms with van der Waals surface area (Å²) in [5, 5.41) is 4.98. The zero-order valence-corrected chi connectivity index (χ0v) is 10.1. The van der Waals surface area contributed by atoms with Crippen molar-refractivity contribution in [3.8, 4) is 0 Å². The van der Waals surface area contributed by atoms with Crippen molar-refractivity contribution in [2.45, 2.75) is 19.3 Å². The van der Waals surface area contributed by atoms with Crippen LogP contribution in [0.1, 0.15) is 18.4 Å². The fourth-order valence-electron chi connectivity index (χ4n) is 1.61. The average molecular weight is 244 g/mol. The summed E-state index contributed by atoms with van der Waals surface area (Å²) in [6.07, 6.45) is 3.69. The minimum atomic E-state index is 0.774. The van der Waals surface area contributed by atoms with Crippen LogP contribution in [0, 0.1) is 5.92 Å². The van der Waals surface area contributed by atoms with Gasteiger partial charge in [0.25, 0.3) is 0 Å². The third-order valence-electron chi connectivity index (χ3n) is 2.74. The van der Waals surface area contributed by atoms with E-state index in [0.717, 1.165) is 41.0 Å². The molecular formula is C12H15Cl2N. The third kappa shape index (κ3) is 3.37. The second kappa shape index (κ2) is 5.20. The molecular weight excluding hydrogens is 229 g/mol. The van der Waals surface area contributed by atoms with Gasteiger partial charge in [0.2, 0.25) is 0 Å². The monoisotopic (exact) mass is 243 g/mol. The maximum Gasteiger partial charge on any atom is 0.0453 e. The van der Waals surface area contributed by atoms with Crippen molar-refractivity contribution in [3.63, 3.8) is 0 Å². The van der Waals surface area contributed by atoms with Crippen LogP contribution in [0.5, 0.6) is 0 Å². The van der Waals surface area contributed by atoms with Gasteiger partial charge in [0.1, 0.15) is 0 Å². The van der Waals surface area contributed by atoms with Crippen molar-refractivity contribution < 1.29 is 0 Å². The summed E-state index contributed by atoms with van der Waals surface area (Å²) < 4.78 is 0. The van der Waals surface area contributed by atoms with Gasteiger partial charge in [-0.25, -0.2) is 0 Å². The molecule has 1 aliphatic rings. The van der Waals surface area contributed by atoms with Crippen LogP contribution in [0.4, 0.5) is 0 Å². The number of hydrogen-bond acceptors (Lipinski definition) is 1. The maximum absolute atomic E-state index is 6.07. The van der Waals surface area contributed by atoms with E-state index >= 15 is 0 Å². The van der Waals surface area contributed by atoms with E-state index in [1.165, 1.54) is 12.8 Å². The van der Waals surface area contributed by atoms with Gasteiger partial charge in [0.05, 0.1) is 0 Å². The Labute approximate surface area is 101 Å². The second-order valence-corrected chi connectivity index (χ2v) is 4.91. The number of nitrogens with one attached hydrogen (secondary N) is 1. The summed E-state index contributed by atoms with van der Waals surface area (Å²) in [5.41, 5.74) is 1.06. The first-order chi connectivity index (χ1) is 7.27. The molecule has 82 valence electrons. The molecule has 2 rings (SSSR count). The van der Waals surface area contributed by atoms with Crippen molar-refractivity contribution in [3.05, 3.63) is 33.8 Å². The van der Waals surface area contributed by atoms with E-state index in [2.05, 4.69) is 5.32 Å². The molecule has 0 aliphatic heterocycles. The third-order valence-corrected chi connectivity index (χ3v) is 3.45. The highest BCUT2D eigenvalue weighted by atomic mass is 35.5. The lowest BCUT2D eigenvalue weighted by molar-refractivity contribution is 0.637. The quantitative estimate of drug-likeness (QED) is 0.781.